The van der Waals surface area contributed by atoms with Crippen LogP contribution in [0.3, 0.4) is 0 Å². The van der Waals surface area contributed by atoms with Gasteiger partial charge in [0.25, 0.3) is 5.91 Å². The summed E-state index contributed by atoms with van der Waals surface area (Å²) in [6, 6.07) is 16.0. The highest BCUT2D eigenvalue weighted by molar-refractivity contribution is 7.10. The number of fused-ring (bicyclic) bond motifs is 1. The number of hydrogen-bond donors (Lipinski definition) is 0. The molecule has 0 saturated heterocycles. The van der Waals surface area contributed by atoms with Crippen molar-refractivity contribution in [2.75, 3.05) is 0 Å². The average Bonchev–Trinajstić information content (AvgIpc) is 3.56. The third-order valence-electron chi connectivity index (χ3n) is 5.12. The van der Waals surface area contributed by atoms with Crippen molar-refractivity contribution in [3.8, 4) is 5.69 Å². The first-order chi connectivity index (χ1) is 15.2. The fourth-order valence-electron chi connectivity index (χ4n) is 3.58. The Balaban J connectivity index is 1.51. The molecule has 0 aliphatic rings. The zero-order chi connectivity index (χ0) is 21.2. The molecule has 0 bridgehead atoms. The van der Waals surface area contributed by atoms with Gasteiger partial charge in [-0.1, -0.05) is 29.5 Å². The molecule has 0 aliphatic carbocycles. The highest BCUT2D eigenvalue weighted by Gasteiger charge is 2.24. The molecule has 0 spiro atoms. The molecule has 154 valence electrons. The van der Waals surface area contributed by atoms with Gasteiger partial charge in [-0.2, -0.15) is 0 Å². The van der Waals surface area contributed by atoms with E-state index in [1.165, 1.54) is 0 Å². The molecule has 0 atom stereocenters. The fraction of sp³-hybridized carbons (Fsp3) is 0.130. The summed E-state index contributed by atoms with van der Waals surface area (Å²) in [6.45, 7) is 2.98. The van der Waals surface area contributed by atoms with Crippen LogP contribution in [0.2, 0.25) is 0 Å². The lowest BCUT2D eigenvalue weighted by Crippen LogP contribution is -2.30. The molecule has 8 heteroatoms. The zero-order valence-electron chi connectivity index (χ0n) is 16.8. The molecule has 0 radical (unpaired) electrons. The summed E-state index contributed by atoms with van der Waals surface area (Å²) < 4.78 is 1.74. The molecule has 4 heterocycles. The van der Waals surface area contributed by atoms with Crippen molar-refractivity contribution in [2.24, 2.45) is 0 Å². The minimum Gasteiger partial charge on any atom is -0.327 e. The molecule has 0 aliphatic heterocycles. The lowest BCUT2D eigenvalue weighted by Gasteiger charge is -2.21. The lowest BCUT2D eigenvalue weighted by molar-refractivity contribution is 0.0726. The molecule has 5 rings (SSSR count). The van der Waals surface area contributed by atoms with Gasteiger partial charge in [0, 0.05) is 32.9 Å². The van der Waals surface area contributed by atoms with E-state index in [0.717, 1.165) is 31.9 Å². The van der Waals surface area contributed by atoms with Crippen molar-refractivity contribution in [1.82, 2.24) is 24.9 Å². The van der Waals surface area contributed by atoms with Crippen LogP contribution in [0.5, 0.6) is 0 Å². The molecule has 4 aromatic heterocycles. The van der Waals surface area contributed by atoms with Crippen molar-refractivity contribution in [2.45, 2.75) is 20.0 Å². The Morgan fingerprint density at radius 2 is 1.74 bits per heavy atom. The van der Waals surface area contributed by atoms with Crippen molar-refractivity contribution in [3.63, 3.8) is 0 Å². The Kier molecular flexibility index (Phi) is 5.31. The number of benzene rings is 1. The number of hydrogen-bond acceptors (Lipinski definition) is 6. The second-order valence-corrected chi connectivity index (χ2v) is 9.19. The zero-order valence-corrected chi connectivity index (χ0v) is 18.4. The van der Waals surface area contributed by atoms with Gasteiger partial charge in [0.2, 0.25) is 0 Å². The highest BCUT2D eigenvalue weighted by Crippen LogP contribution is 2.24. The van der Waals surface area contributed by atoms with Gasteiger partial charge >= 0.3 is 0 Å². The first-order valence-corrected chi connectivity index (χ1v) is 11.6. The molecule has 0 saturated carbocycles. The smallest absolute Gasteiger partial charge is 0.276 e. The lowest BCUT2D eigenvalue weighted by atomic mass is 10.1. The Morgan fingerprint density at radius 1 is 1.00 bits per heavy atom. The van der Waals surface area contributed by atoms with Crippen LogP contribution in [0, 0.1) is 6.92 Å². The van der Waals surface area contributed by atoms with Crippen molar-refractivity contribution < 1.29 is 4.79 Å². The van der Waals surface area contributed by atoms with E-state index < -0.39 is 0 Å². The van der Waals surface area contributed by atoms with Crippen LogP contribution in [-0.4, -0.2) is 30.8 Å². The summed E-state index contributed by atoms with van der Waals surface area (Å²) in [6.07, 6.45) is 3.58. The van der Waals surface area contributed by atoms with Crippen LogP contribution in [0.25, 0.3) is 16.5 Å². The van der Waals surface area contributed by atoms with Crippen LogP contribution in [0.15, 0.2) is 71.7 Å². The van der Waals surface area contributed by atoms with E-state index in [1.54, 1.807) is 33.6 Å². The predicted octanol–water partition coefficient (Wildman–Crippen LogP) is 5.09. The SMILES string of the molecule is Cc1c(C(=O)N(Cc2cccs2)Cc2cccs2)nnn1-c1cccc2cnccc12. The van der Waals surface area contributed by atoms with Gasteiger partial charge in [-0.05, 0) is 41.9 Å². The van der Waals surface area contributed by atoms with Gasteiger partial charge in [-0.3, -0.25) is 9.78 Å². The number of rotatable bonds is 6. The van der Waals surface area contributed by atoms with Gasteiger partial charge in [-0.15, -0.1) is 27.8 Å². The first kappa shape index (κ1) is 19.6. The maximum atomic E-state index is 13.5. The number of carbonyl (C=O) groups is 1. The van der Waals surface area contributed by atoms with E-state index >= 15 is 0 Å². The Bertz CT molecular complexity index is 1280. The third-order valence-corrected chi connectivity index (χ3v) is 6.85. The molecule has 1 amide bonds. The van der Waals surface area contributed by atoms with Crippen LogP contribution in [-0.2, 0) is 13.1 Å². The molecule has 1 aromatic carbocycles. The fourth-order valence-corrected chi connectivity index (χ4v) is 5.02. The number of pyridine rings is 1. The summed E-state index contributed by atoms with van der Waals surface area (Å²) in [5, 5.41) is 14.7. The number of thiophene rings is 2. The van der Waals surface area contributed by atoms with E-state index in [2.05, 4.69) is 15.3 Å². The van der Waals surface area contributed by atoms with Crippen LogP contribution in [0.4, 0.5) is 0 Å². The molecule has 0 unspecified atom stereocenters. The largest absolute Gasteiger partial charge is 0.327 e. The maximum absolute atomic E-state index is 13.5. The summed E-state index contributed by atoms with van der Waals surface area (Å²) in [5.41, 5.74) is 1.97. The van der Waals surface area contributed by atoms with Crippen molar-refractivity contribution >= 4 is 39.4 Å². The quantitative estimate of drug-likeness (QED) is 0.365. The summed E-state index contributed by atoms with van der Waals surface area (Å²) in [7, 11) is 0. The van der Waals surface area contributed by atoms with E-state index in [0.29, 0.717) is 18.8 Å². The first-order valence-electron chi connectivity index (χ1n) is 9.80. The summed E-state index contributed by atoms with van der Waals surface area (Å²) in [5.74, 6) is -0.118. The van der Waals surface area contributed by atoms with E-state index in [4.69, 9.17) is 0 Å². The molecule has 0 N–H and O–H groups in total. The number of nitrogens with zero attached hydrogens (tertiary/aromatic N) is 5. The highest BCUT2D eigenvalue weighted by atomic mass is 32.1. The molecular formula is C23H19N5OS2. The second-order valence-electron chi connectivity index (χ2n) is 7.13. The molecule has 5 aromatic rings. The minimum absolute atomic E-state index is 0.118. The van der Waals surface area contributed by atoms with Crippen LogP contribution >= 0.6 is 22.7 Å². The monoisotopic (exact) mass is 445 g/mol. The number of amides is 1. The Morgan fingerprint density at radius 3 is 2.42 bits per heavy atom. The number of aromatic nitrogens is 4. The number of carbonyl (C=O) groups excluding carboxylic acids is 1. The average molecular weight is 446 g/mol. The molecular weight excluding hydrogens is 426 g/mol. The van der Waals surface area contributed by atoms with Gasteiger partial charge in [0.15, 0.2) is 5.69 Å². The van der Waals surface area contributed by atoms with Crippen LogP contribution in [0.1, 0.15) is 25.9 Å². The topological polar surface area (TPSA) is 63.9 Å². The van der Waals surface area contributed by atoms with Gasteiger partial charge in [-0.25, -0.2) is 4.68 Å². The van der Waals surface area contributed by atoms with Gasteiger partial charge in [0.1, 0.15) is 0 Å². The van der Waals surface area contributed by atoms with Crippen LogP contribution < -0.4 is 0 Å². The second kappa shape index (κ2) is 8.41. The summed E-state index contributed by atoms with van der Waals surface area (Å²) >= 11 is 3.29. The third kappa shape index (κ3) is 3.87. The molecule has 0 fully saturated rings. The predicted molar refractivity (Wildman–Crippen MR) is 124 cm³/mol. The molecule has 31 heavy (non-hydrogen) atoms. The van der Waals surface area contributed by atoms with E-state index in [9.17, 15) is 4.79 Å². The van der Waals surface area contributed by atoms with E-state index in [1.807, 2.05) is 77.3 Å². The van der Waals surface area contributed by atoms with Crippen molar-refractivity contribution in [1.29, 1.82) is 0 Å². The normalized spacial score (nSPS) is 11.1. The minimum atomic E-state index is -0.118. The van der Waals surface area contributed by atoms with Crippen molar-refractivity contribution in [3.05, 3.63) is 92.8 Å². The Hall–Kier alpha value is -3.36. The summed E-state index contributed by atoms with van der Waals surface area (Å²) in [4.78, 5) is 21.8. The van der Waals surface area contributed by atoms with Gasteiger partial charge < -0.3 is 4.90 Å². The van der Waals surface area contributed by atoms with E-state index in [-0.39, 0.29) is 5.91 Å². The Labute approximate surface area is 187 Å². The maximum Gasteiger partial charge on any atom is 0.276 e. The van der Waals surface area contributed by atoms with Gasteiger partial charge in [0.05, 0.1) is 24.5 Å². The molecule has 6 nitrogen and oxygen atoms in total. The standard InChI is InChI=1S/C23H19N5OS2/c1-16-22(25-26-28(16)21-8-2-5-17-13-24-10-9-20(17)21)23(29)27(14-18-6-3-11-30-18)15-19-7-4-12-31-19/h2-13H,14-15H2,1H3.